The van der Waals surface area contributed by atoms with Crippen LogP contribution in [0.1, 0.15) is 5.69 Å². The lowest BCUT2D eigenvalue weighted by atomic mass is 10.5. The van der Waals surface area contributed by atoms with Crippen LogP contribution in [-0.2, 0) is 6.61 Å². The lowest BCUT2D eigenvalue weighted by Crippen LogP contribution is -1.80. The predicted molar refractivity (Wildman–Crippen MR) is 45.6 cm³/mol. The molecule has 0 spiro atoms. The number of nitrogens with one attached hydrogen (secondary N) is 1. The summed E-state index contributed by atoms with van der Waals surface area (Å²) in [5, 5.41) is 8.76. The van der Waals surface area contributed by atoms with E-state index in [1.807, 2.05) is 0 Å². The van der Waals surface area contributed by atoms with Gasteiger partial charge in [0.1, 0.15) is 5.82 Å². The molecule has 0 saturated heterocycles. The van der Waals surface area contributed by atoms with Crippen molar-refractivity contribution in [2.24, 2.45) is 0 Å². The molecule has 0 fully saturated rings. The van der Waals surface area contributed by atoms with Gasteiger partial charge in [0.15, 0.2) is 0 Å². The number of nitrogens with zero attached hydrogens (tertiary/aromatic N) is 2. The number of aromatic amines is 1. The Balaban J connectivity index is 2.35. The van der Waals surface area contributed by atoms with Gasteiger partial charge in [-0.25, -0.2) is 4.98 Å². The number of aliphatic hydroxyl groups excluding tert-OH is 1. The first-order valence-electron chi connectivity index (χ1n) is 3.44. The fourth-order valence-electron chi connectivity index (χ4n) is 0.897. The third kappa shape index (κ3) is 1.24. The average molecular weight is 181 g/mol. The summed E-state index contributed by atoms with van der Waals surface area (Å²) in [6.07, 6.45) is 3.36. The lowest BCUT2D eigenvalue weighted by Gasteiger charge is -1.87. The fourth-order valence-corrected chi connectivity index (χ4v) is 1.47. The number of aliphatic hydroxyl groups is 1. The van der Waals surface area contributed by atoms with Gasteiger partial charge in [-0.15, -0.1) is 11.3 Å². The molecule has 4 nitrogen and oxygen atoms in total. The van der Waals surface area contributed by atoms with Crippen molar-refractivity contribution in [1.82, 2.24) is 15.0 Å². The largest absolute Gasteiger partial charge is 0.390 e. The monoisotopic (exact) mass is 181 g/mol. The summed E-state index contributed by atoms with van der Waals surface area (Å²) in [5.74, 6) is 0.765. The van der Waals surface area contributed by atoms with E-state index in [9.17, 15) is 0 Å². The summed E-state index contributed by atoms with van der Waals surface area (Å²) in [5.41, 5.74) is 2.47. The molecule has 0 aromatic carbocycles. The quantitative estimate of drug-likeness (QED) is 0.727. The van der Waals surface area contributed by atoms with Gasteiger partial charge in [-0.05, 0) is 0 Å². The Morgan fingerprint density at radius 1 is 1.50 bits per heavy atom. The minimum Gasteiger partial charge on any atom is -0.390 e. The number of H-pyrrole nitrogens is 1. The van der Waals surface area contributed by atoms with Crippen molar-refractivity contribution in [1.29, 1.82) is 0 Å². The molecule has 0 bridgehead atoms. The molecule has 62 valence electrons. The van der Waals surface area contributed by atoms with Crippen molar-refractivity contribution < 1.29 is 5.11 Å². The molecule has 0 aliphatic heterocycles. The van der Waals surface area contributed by atoms with Crippen molar-refractivity contribution >= 4 is 11.3 Å². The molecule has 0 amide bonds. The lowest BCUT2D eigenvalue weighted by molar-refractivity contribution is 0.277. The van der Waals surface area contributed by atoms with E-state index >= 15 is 0 Å². The summed E-state index contributed by atoms with van der Waals surface area (Å²) in [7, 11) is 0. The second-order valence-electron chi connectivity index (χ2n) is 2.28. The Hall–Kier alpha value is -1.20. The zero-order chi connectivity index (χ0) is 8.39. The standard InChI is InChI=1S/C7H7N3OS/c11-3-5-1-9-7(10-5)6-2-8-4-12-6/h1-2,4,11H,3H2,(H,9,10). The first-order chi connectivity index (χ1) is 5.90. The Morgan fingerprint density at radius 2 is 2.42 bits per heavy atom. The number of rotatable bonds is 2. The molecular weight excluding hydrogens is 174 g/mol. The first kappa shape index (κ1) is 7.45. The van der Waals surface area contributed by atoms with Crippen molar-refractivity contribution in [3.63, 3.8) is 0 Å². The summed E-state index contributed by atoms with van der Waals surface area (Å²) >= 11 is 1.51. The Labute approximate surface area is 72.9 Å². The zero-order valence-corrected chi connectivity index (χ0v) is 7.01. The maximum Gasteiger partial charge on any atom is 0.149 e. The highest BCUT2D eigenvalue weighted by Gasteiger charge is 2.03. The van der Waals surface area contributed by atoms with Gasteiger partial charge in [0.05, 0.1) is 28.9 Å². The van der Waals surface area contributed by atoms with Crippen molar-refractivity contribution in [3.05, 3.63) is 23.6 Å². The van der Waals surface area contributed by atoms with Crippen molar-refractivity contribution in [3.8, 4) is 10.7 Å². The van der Waals surface area contributed by atoms with Gasteiger partial charge >= 0.3 is 0 Å². The van der Waals surface area contributed by atoms with Gasteiger partial charge in [0.2, 0.25) is 0 Å². The van der Waals surface area contributed by atoms with Gasteiger partial charge in [0, 0.05) is 6.20 Å². The van der Waals surface area contributed by atoms with Crippen LogP contribution in [0, 0.1) is 0 Å². The summed E-state index contributed by atoms with van der Waals surface area (Å²) < 4.78 is 0. The maximum atomic E-state index is 8.76. The number of imidazole rings is 1. The van der Waals surface area contributed by atoms with Crippen LogP contribution < -0.4 is 0 Å². The first-order valence-corrected chi connectivity index (χ1v) is 4.31. The second kappa shape index (κ2) is 3.04. The molecule has 12 heavy (non-hydrogen) atoms. The highest BCUT2D eigenvalue weighted by molar-refractivity contribution is 7.13. The predicted octanol–water partition coefficient (Wildman–Crippen LogP) is 1.03. The summed E-state index contributed by atoms with van der Waals surface area (Å²) in [6.45, 7) is -0.00813. The second-order valence-corrected chi connectivity index (χ2v) is 3.17. The molecule has 0 unspecified atom stereocenters. The van der Waals surface area contributed by atoms with E-state index in [1.54, 1.807) is 17.9 Å². The van der Waals surface area contributed by atoms with E-state index < -0.39 is 0 Å². The Morgan fingerprint density at radius 3 is 3.00 bits per heavy atom. The summed E-state index contributed by atoms with van der Waals surface area (Å²) in [4.78, 5) is 12.0. The van der Waals surface area contributed by atoms with Crippen LogP contribution in [0.5, 0.6) is 0 Å². The van der Waals surface area contributed by atoms with Crippen LogP contribution in [0.3, 0.4) is 0 Å². The van der Waals surface area contributed by atoms with Crippen LogP contribution in [0.15, 0.2) is 17.9 Å². The molecule has 2 aromatic heterocycles. The van der Waals surface area contributed by atoms with Gasteiger partial charge < -0.3 is 10.1 Å². The van der Waals surface area contributed by atoms with Gasteiger partial charge in [-0.3, -0.25) is 4.98 Å². The third-order valence-electron chi connectivity index (χ3n) is 1.46. The van der Waals surface area contributed by atoms with E-state index in [2.05, 4.69) is 15.0 Å². The van der Waals surface area contributed by atoms with E-state index in [0.717, 1.165) is 16.4 Å². The van der Waals surface area contributed by atoms with E-state index in [-0.39, 0.29) is 6.61 Å². The normalized spacial score (nSPS) is 10.4. The minimum absolute atomic E-state index is 0.00813. The van der Waals surface area contributed by atoms with Crippen LogP contribution in [0.4, 0.5) is 0 Å². The molecule has 0 aliphatic carbocycles. The van der Waals surface area contributed by atoms with Crippen LogP contribution in [-0.4, -0.2) is 20.1 Å². The molecule has 5 heteroatoms. The number of hydrogen-bond acceptors (Lipinski definition) is 4. The van der Waals surface area contributed by atoms with E-state index in [1.165, 1.54) is 11.3 Å². The van der Waals surface area contributed by atoms with Crippen LogP contribution in [0.2, 0.25) is 0 Å². The average Bonchev–Trinajstić information content (AvgIpc) is 2.75. The Kier molecular flexibility index (Phi) is 1.89. The third-order valence-corrected chi connectivity index (χ3v) is 2.24. The molecule has 0 saturated carbocycles. The molecule has 2 aromatic rings. The van der Waals surface area contributed by atoms with Crippen LogP contribution >= 0.6 is 11.3 Å². The fraction of sp³-hybridized carbons (Fsp3) is 0.143. The highest BCUT2D eigenvalue weighted by Crippen LogP contribution is 2.19. The SMILES string of the molecule is OCc1cnc(-c2cncs2)[nH]1. The van der Waals surface area contributed by atoms with Crippen molar-refractivity contribution in [2.75, 3.05) is 0 Å². The van der Waals surface area contributed by atoms with Gasteiger partial charge in [-0.1, -0.05) is 0 Å². The smallest absolute Gasteiger partial charge is 0.149 e. The van der Waals surface area contributed by atoms with Crippen molar-refractivity contribution in [2.45, 2.75) is 6.61 Å². The van der Waals surface area contributed by atoms with E-state index in [0.29, 0.717) is 0 Å². The molecule has 2 rings (SSSR count). The minimum atomic E-state index is -0.00813. The number of aromatic nitrogens is 3. The molecule has 2 N–H and O–H groups in total. The van der Waals surface area contributed by atoms with Gasteiger partial charge in [-0.2, -0.15) is 0 Å². The number of thiazole rings is 1. The van der Waals surface area contributed by atoms with Gasteiger partial charge in [0.25, 0.3) is 0 Å². The maximum absolute atomic E-state index is 8.76. The van der Waals surface area contributed by atoms with E-state index in [4.69, 9.17) is 5.11 Å². The Bertz CT molecular complexity index is 354. The molecular formula is C7H7N3OS. The highest BCUT2D eigenvalue weighted by atomic mass is 32.1. The topological polar surface area (TPSA) is 61.8 Å². The summed E-state index contributed by atoms with van der Waals surface area (Å²) in [6, 6.07) is 0. The molecule has 0 radical (unpaired) electrons. The molecule has 0 aliphatic rings. The zero-order valence-electron chi connectivity index (χ0n) is 6.19. The number of hydrogen-bond donors (Lipinski definition) is 2. The van der Waals surface area contributed by atoms with Crippen LogP contribution in [0.25, 0.3) is 10.7 Å². The molecule has 2 heterocycles. The molecule has 0 atom stereocenters.